The summed E-state index contributed by atoms with van der Waals surface area (Å²) in [5.74, 6) is 1.52. The van der Waals surface area contributed by atoms with Crippen LogP contribution in [-0.4, -0.2) is 7.11 Å². The molecule has 0 aliphatic carbocycles. The molecule has 19 heavy (non-hydrogen) atoms. The van der Waals surface area contributed by atoms with Crippen LogP contribution in [0.1, 0.15) is 11.3 Å². The highest BCUT2D eigenvalue weighted by Crippen LogP contribution is 2.32. The van der Waals surface area contributed by atoms with Gasteiger partial charge in [0.1, 0.15) is 11.5 Å². The minimum atomic E-state index is 0. The van der Waals surface area contributed by atoms with Gasteiger partial charge in [-0.3, -0.25) is 0 Å². The lowest BCUT2D eigenvalue weighted by Crippen LogP contribution is -2.13. The standard InChI is InChI=1S/C13H13Cl2NO2.ClH/c1-17-13-9(5-10(14)6-12(13)15)7-16-8-11-3-2-4-18-11;/h2-6,16H,7-8H2,1H3;1H. The normalized spacial score (nSPS) is 10.1. The molecule has 0 saturated carbocycles. The van der Waals surface area contributed by atoms with E-state index in [0.29, 0.717) is 28.9 Å². The van der Waals surface area contributed by atoms with Crippen LogP contribution >= 0.6 is 35.6 Å². The van der Waals surface area contributed by atoms with E-state index in [1.165, 1.54) is 0 Å². The molecule has 1 N–H and O–H groups in total. The molecule has 3 nitrogen and oxygen atoms in total. The van der Waals surface area contributed by atoms with Crippen LogP contribution in [0, 0.1) is 0 Å². The van der Waals surface area contributed by atoms with Crippen LogP contribution in [0.25, 0.3) is 0 Å². The van der Waals surface area contributed by atoms with Crippen molar-refractivity contribution in [1.82, 2.24) is 5.32 Å². The number of nitrogens with one attached hydrogen (secondary N) is 1. The number of ether oxygens (including phenoxy) is 1. The predicted octanol–water partition coefficient (Wildman–Crippen LogP) is 4.31. The Bertz CT molecular complexity index is 515. The zero-order valence-corrected chi connectivity index (χ0v) is 12.6. The average molecular weight is 323 g/mol. The van der Waals surface area contributed by atoms with Crippen molar-refractivity contribution in [2.45, 2.75) is 13.1 Å². The largest absolute Gasteiger partial charge is 0.495 e. The van der Waals surface area contributed by atoms with Gasteiger partial charge in [0, 0.05) is 17.1 Å². The summed E-state index contributed by atoms with van der Waals surface area (Å²) in [6.45, 7) is 1.24. The van der Waals surface area contributed by atoms with E-state index in [9.17, 15) is 0 Å². The summed E-state index contributed by atoms with van der Waals surface area (Å²) in [5.41, 5.74) is 0.918. The Hall–Kier alpha value is -0.870. The van der Waals surface area contributed by atoms with E-state index in [1.807, 2.05) is 18.2 Å². The molecule has 2 rings (SSSR count). The van der Waals surface area contributed by atoms with E-state index in [-0.39, 0.29) is 12.4 Å². The molecule has 6 heteroatoms. The number of hydrogen-bond donors (Lipinski definition) is 1. The first kappa shape index (κ1) is 16.2. The molecule has 0 fully saturated rings. The summed E-state index contributed by atoms with van der Waals surface area (Å²) in [4.78, 5) is 0. The SMILES string of the molecule is COc1c(Cl)cc(Cl)cc1CNCc1ccco1.Cl. The van der Waals surface area contributed by atoms with E-state index >= 15 is 0 Å². The Kier molecular flexibility index (Phi) is 6.52. The summed E-state index contributed by atoms with van der Waals surface area (Å²) in [6.07, 6.45) is 1.65. The van der Waals surface area contributed by atoms with Gasteiger partial charge >= 0.3 is 0 Å². The number of rotatable bonds is 5. The molecular formula is C13H14Cl3NO2. The minimum absolute atomic E-state index is 0. The van der Waals surface area contributed by atoms with Gasteiger partial charge in [0.05, 0.1) is 24.9 Å². The zero-order chi connectivity index (χ0) is 13.0. The molecule has 0 aliphatic rings. The van der Waals surface area contributed by atoms with Gasteiger partial charge in [-0.25, -0.2) is 0 Å². The van der Waals surface area contributed by atoms with Gasteiger partial charge in [0.25, 0.3) is 0 Å². The van der Waals surface area contributed by atoms with Gasteiger partial charge in [-0.1, -0.05) is 23.2 Å². The highest BCUT2D eigenvalue weighted by Gasteiger charge is 2.09. The van der Waals surface area contributed by atoms with E-state index in [2.05, 4.69) is 5.32 Å². The van der Waals surface area contributed by atoms with Gasteiger partial charge in [-0.15, -0.1) is 12.4 Å². The summed E-state index contributed by atoms with van der Waals surface area (Å²) in [5, 5.41) is 4.35. The molecule has 0 bridgehead atoms. The van der Waals surface area contributed by atoms with Gasteiger partial charge in [-0.2, -0.15) is 0 Å². The van der Waals surface area contributed by atoms with Crippen molar-refractivity contribution < 1.29 is 9.15 Å². The molecule has 1 heterocycles. The smallest absolute Gasteiger partial charge is 0.142 e. The highest BCUT2D eigenvalue weighted by atomic mass is 35.5. The van der Waals surface area contributed by atoms with Crippen LogP contribution < -0.4 is 10.1 Å². The molecular weight excluding hydrogens is 309 g/mol. The van der Waals surface area contributed by atoms with Gasteiger partial charge in [0.15, 0.2) is 0 Å². The lowest BCUT2D eigenvalue weighted by atomic mass is 10.2. The third kappa shape index (κ3) is 4.32. The Balaban J connectivity index is 0.00000180. The minimum Gasteiger partial charge on any atom is -0.495 e. The fraction of sp³-hybridized carbons (Fsp3) is 0.231. The third-order valence-corrected chi connectivity index (χ3v) is 2.98. The molecule has 1 aromatic carbocycles. The van der Waals surface area contributed by atoms with Gasteiger partial charge in [-0.05, 0) is 24.3 Å². The molecule has 0 spiro atoms. The fourth-order valence-corrected chi connectivity index (χ4v) is 2.32. The van der Waals surface area contributed by atoms with Crippen molar-refractivity contribution >= 4 is 35.6 Å². The first-order chi connectivity index (χ1) is 8.70. The quantitative estimate of drug-likeness (QED) is 0.891. The van der Waals surface area contributed by atoms with Crippen molar-refractivity contribution in [1.29, 1.82) is 0 Å². The molecule has 104 valence electrons. The van der Waals surface area contributed by atoms with Crippen molar-refractivity contribution in [2.75, 3.05) is 7.11 Å². The predicted molar refractivity (Wildman–Crippen MR) is 79.5 cm³/mol. The number of halogens is 3. The molecule has 0 radical (unpaired) electrons. The molecule has 0 saturated heterocycles. The molecule has 1 aromatic heterocycles. The number of furan rings is 1. The summed E-state index contributed by atoms with van der Waals surface area (Å²) >= 11 is 12.0. The zero-order valence-electron chi connectivity index (χ0n) is 10.3. The second kappa shape index (κ2) is 7.65. The average Bonchev–Trinajstić information content (AvgIpc) is 2.81. The fourth-order valence-electron chi connectivity index (χ4n) is 1.71. The second-order valence-electron chi connectivity index (χ2n) is 3.76. The number of methoxy groups -OCH3 is 1. The van der Waals surface area contributed by atoms with Crippen molar-refractivity contribution in [2.24, 2.45) is 0 Å². The molecule has 2 aromatic rings. The Morgan fingerprint density at radius 3 is 2.68 bits per heavy atom. The van der Waals surface area contributed by atoms with Crippen molar-refractivity contribution in [3.63, 3.8) is 0 Å². The van der Waals surface area contributed by atoms with Gasteiger partial charge < -0.3 is 14.5 Å². The van der Waals surface area contributed by atoms with Crippen LogP contribution in [0.15, 0.2) is 34.9 Å². The summed E-state index contributed by atoms with van der Waals surface area (Å²) in [7, 11) is 1.59. The highest BCUT2D eigenvalue weighted by molar-refractivity contribution is 6.35. The van der Waals surface area contributed by atoms with Gasteiger partial charge in [0.2, 0.25) is 0 Å². The van der Waals surface area contributed by atoms with Crippen LogP contribution in [0.2, 0.25) is 10.0 Å². The second-order valence-corrected chi connectivity index (χ2v) is 4.61. The lowest BCUT2D eigenvalue weighted by molar-refractivity contribution is 0.406. The first-order valence-electron chi connectivity index (χ1n) is 5.45. The van der Waals surface area contributed by atoms with Crippen molar-refractivity contribution in [3.8, 4) is 5.75 Å². The number of benzene rings is 1. The Labute approximate surface area is 128 Å². The van der Waals surface area contributed by atoms with Crippen LogP contribution in [0.4, 0.5) is 0 Å². The monoisotopic (exact) mass is 321 g/mol. The molecule has 0 atom stereocenters. The summed E-state index contributed by atoms with van der Waals surface area (Å²) in [6, 6.07) is 7.27. The van der Waals surface area contributed by atoms with E-state index in [1.54, 1.807) is 19.4 Å². The molecule has 0 amide bonds. The van der Waals surface area contributed by atoms with E-state index < -0.39 is 0 Å². The maximum Gasteiger partial charge on any atom is 0.142 e. The van der Waals surface area contributed by atoms with E-state index in [4.69, 9.17) is 32.4 Å². The summed E-state index contributed by atoms with van der Waals surface area (Å²) < 4.78 is 10.5. The number of hydrogen-bond acceptors (Lipinski definition) is 3. The maximum atomic E-state index is 6.06. The maximum absolute atomic E-state index is 6.06. The molecule has 0 unspecified atom stereocenters. The topological polar surface area (TPSA) is 34.4 Å². The van der Waals surface area contributed by atoms with Crippen molar-refractivity contribution in [3.05, 3.63) is 51.9 Å². The van der Waals surface area contributed by atoms with Crippen LogP contribution in [-0.2, 0) is 13.1 Å². The third-order valence-electron chi connectivity index (χ3n) is 2.48. The molecule has 0 aliphatic heterocycles. The lowest BCUT2D eigenvalue weighted by Gasteiger charge is -2.11. The Morgan fingerprint density at radius 1 is 1.26 bits per heavy atom. The van der Waals surface area contributed by atoms with E-state index in [0.717, 1.165) is 11.3 Å². The first-order valence-corrected chi connectivity index (χ1v) is 6.21. The van der Waals surface area contributed by atoms with Crippen LogP contribution in [0.5, 0.6) is 5.75 Å². The Morgan fingerprint density at radius 2 is 2.05 bits per heavy atom. The van der Waals surface area contributed by atoms with Crippen LogP contribution in [0.3, 0.4) is 0 Å².